The summed E-state index contributed by atoms with van der Waals surface area (Å²) in [6.45, 7) is 2.56. The minimum Gasteiger partial charge on any atom is -0.456 e. The van der Waals surface area contributed by atoms with Crippen molar-refractivity contribution in [2.45, 2.75) is 68.2 Å². The number of benzene rings is 7. The number of hydrogen-bond donors (Lipinski definition) is 0. The van der Waals surface area contributed by atoms with Crippen molar-refractivity contribution in [3.8, 4) is 22.3 Å². The van der Waals surface area contributed by atoms with Crippen molar-refractivity contribution in [2.24, 2.45) is 15.9 Å². The standard InChI is InChI=1S/C60H46N2O/c1-59-48-21-8-6-18-43(48)46-33-52-47(34-51(46)59)57-42(20-13-22-49(57)60(52)28-10-3-11-29-60)38-17-12-16-37(30-38)41-26-24-39(31-50(41)59)53-35-54(62-58(61-53)36-14-4-2-5-15-36)40-25-27-45-44-19-7-9-23-55(44)63-56(45)32-40/h2,4-9,12-27,30-34,46,51,54H,3,10-11,28-29,35H2,1H3. The van der Waals surface area contributed by atoms with Gasteiger partial charge in [0.1, 0.15) is 11.2 Å². The number of amidine groups is 1. The first-order chi connectivity index (χ1) is 31.0. The summed E-state index contributed by atoms with van der Waals surface area (Å²) in [5.74, 6) is 1.31. The molecule has 1 saturated carbocycles. The Bertz CT molecular complexity index is 3390. The molecule has 1 aromatic heterocycles. The van der Waals surface area contributed by atoms with Crippen LogP contribution in [0.15, 0.2) is 190 Å². The SMILES string of the molecule is CC12c3cc(C4=NC(c5ccccc5)=NC(c5ccc6c(c5)oc5ccccc56)C4)ccc3-c3cccc(c3)-c3cccc4c3C3=CC1C(C=C3C41CCCCC1)c1ccccc12. The van der Waals surface area contributed by atoms with Gasteiger partial charge in [0.05, 0.1) is 11.8 Å². The molecule has 0 saturated heterocycles. The quantitative estimate of drug-likeness (QED) is 0.175. The van der Waals surface area contributed by atoms with Crippen molar-refractivity contribution in [2.75, 3.05) is 0 Å². The second-order valence-corrected chi connectivity index (χ2v) is 19.2. The minimum absolute atomic E-state index is 0.0871. The summed E-state index contributed by atoms with van der Waals surface area (Å²) in [6.07, 6.45) is 12.6. The number of furan rings is 1. The fourth-order valence-electron chi connectivity index (χ4n) is 13.2. The molecular formula is C60H46N2O. The van der Waals surface area contributed by atoms with Crippen LogP contribution in [0.4, 0.5) is 0 Å². The molecule has 8 aromatic rings. The Kier molecular flexibility index (Phi) is 7.43. The van der Waals surface area contributed by atoms with Gasteiger partial charge < -0.3 is 4.42 Å². The number of aliphatic imine (C=N–C) groups is 2. The van der Waals surface area contributed by atoms with Gasteiger partial charge in [0.25, 0.3) is 0 Å². The molecule has 14 rings (SSSR count). The van der Waals surface area contributed by atoms with Gasteiger partial charge in [0, 0.05) is 45.4 Å². The first kappa shape index (κ1) is 35.7. The average Bonchev–Trinajstić information content (AvgIpc) is 3.94. The van der Waals surface area contributed by atoms with E-state index in [4.69, 9.17) is 14.4 Å². The van der Waals surface area contributed by atoms with Crippen molar-refractivity contribution in [1.82, 2.24) is 0 Å². The van der Waals surface area contributed by atoms with E-state index in [1.54, 1.807) is 11.1 Å². The Balaban J connectivity index is 0.979. The molecule has 302 valence electrons. The van der Waals surface area contributed by atoms with E-state index in [2.05, 4.69) is 171 Å². The second kappa shape index (κ2) is 13.1. The van der Waals surface area contributed by atoms with E-state index in [0.717, 1.165) is 50.2 Å². The van der Waals surface area contributed by atoms with Gasteiger partial charge in [-0.2, -0.15) is 0 Å². The molecule has 63 heavy (non-hydrogen) atoms. The Hall–Kier alpha value is -6.84. The molecule has 7 aromatic carbocycles. The third-order valence-corrected chi connectivity index (χ3v) is 16.1. The van der Waals surface area contributed by atoms with Gasteiger partial charge in [0.2, 0.25) is 0 Å². The maximum absolute atomic E-state index is 6.41. The van der Waals surface area contributed by atoms with Gasteiger partial charge in [-0.3, -0.25) is 4.99 Å². The third kappa shape index (κ3) is 4.97. The highest BCUT2D eigenvalue weighted by molar-refractivity contribution is 6.14. The highest BCUT2D eigenvalue weighted by atomic mass is 16.3. The molecule has 5 aliphatic carbocycles. The van der Waals surface area contributed by atoms with Crippen molar-refractivity contribution in [3.05, 3.63) is 220 Å². The Morgan fingerprint density at radius 2 is 1.33 bits per heavy atom. The van der Waals surface area contributed by atoms with Crippen molar-refractivity contribution < 1.29 is 4.42 Å². The van der Waals surface area contributed by atoms with Crippen LogP contribution in [-0.2, 0) is 10.8 Å². The molecule has 4 atom stereocenters. The zero-order valence-corrected chi connectivity index (χ0v) is 35.4. The van der Waals surface area contributed by atoms with Crippen LogP contribution in [0, 0.1) is 5.92 Å². The van der Waals surface area contributed by atoms with Crippen molar-refractivity contribution in [1.29, 1.82) is 0 Å². The van der Waals surface area contributed by atoms with Crippen LogP contribution in [-0.4, -0.2) is 11.5 Å². The van der Waals surface area contributed by atoms with Gasteiger partial charge in [0.15, 0.2) is 5.84 Å². The Morgan fingerprint density at radius 3 is 2.24 bits per heavy atom. The highest BCUT2D eigenvalue weighted by Crippen LogP contribution is 2.66. The summed E-state index contributed by atoms with van der Waals surface area (Å²) in [6, 6.07) is 58.7. The normalized spacial score (nSPS) is 23.3. The number of nitrogens with zero attached hydrogens (tertiary/aromatic N) is 2. The Morgan fingerprint density at radius 1 is 0.571 bits per heavy atom. The predicted octanol–water partition coefficient (Wildman–Crippen LogP) is 14.9. The van der Waals surface area contributed by atoms with E-state index in [1.165, 1.54) is 82.2 Å². The number of fused-ring (bicyclic) bond motifs is 14. The van der Waals surface area contributed by atoms with Crippen LogP contribution in [0.1, 0.15) is 102 Å². The molecule has 1 aliphatic heterocycles. The van der Waals surface area contributed by atoms with Crippen LogP contribution >= 0.6 is 0 Å². The summed E-state index contributed by atoms with van der Waals surface area (Å²) in [5, 5.41) is 2.27. The zero-order valence-electron chi connectivity index (χ0n) is 35.4. The molecule has 0 N–H and O–H groups in total. The van der Waals surface area contributed by atoms with Crippen LogP contribution in [0.25, 0.3) is 49.8 Å². The van der Waals surface area contributed by atoms with Gasteiger partial charge in [-0.25, -0.2) is 4.99 Å². The first-order valence-corrected chi connectivity index (χ1v) is 23.1. The van der Waals surface area contributed by atoms with E-state index < -0.39 is 0 Å². The van der Waals surface area contributed by atoms with Crippen LogP contribution in [0.3, 0.4) is 0 Å². The van der Waals surface area contributed by atoms with E-state index >= 15 is 0 Å². The average molecular weight is 811 g/mol. The van der Waals surface area contributed by atoms with Crippen molar-refractivity contribution in [3.63, 3.8) is 0 Å². The molecule has 1 spiro atoms. The summed E-state index contributed by atoms with van der Waals surface area (Å²) in [5.41, 5.74) is 21.7. The molecule has 0 radical (unpaired) electrons. The van der Waals surface area contributed by atoms with Crippen molar-refractivity contribution >= 4 is 39.1 Å². The summed E-state index contributed by atoms with van der Waals surface area (Å²) in [7, 11) is 0. The smallest absolute Gasteiger partial charge is 0.155 e. The van der Waals surface area contributed by atoms with Gasteiger partial charge in [-0.05, 0) is 109 Å². The van der Waals surface area contributed by atoms with Gasteiger partial charge in [-0.15, -0.1) is 0 Å². The van der Waals surface area contributed by atoms with E-state index in [1.807, 2.05) is 6.07 Å². The lowest BCUT2D eigenvalue weighted by Gasteiger charge is -2.40. The monoisotopic (exact) mass is 810 g/mol. The molecule has 3 heteroatoms. The fourth-order valence-corrected chi connectivity index (χ4v) is 13.2. The lowest BCUT2D eigenvalue weighted by molar-refractivity contribution is 0.347. The highest BCUT2D eigenvalue weighted by Gasteiger charge is 2.55. The molecule has 3 nitrogen and oxygen atoms in total. The number of allylic oxidation sites excluding steroid dienone is 4. The predicted molar refractivity (Wildman–Crippen MR) is 258 cm³/mol. The maximum atomic E-state index is 6.41. The molecular weight excluding hydrogens is 765 g/mol. The summed E-state index contributed by atoms with van der Waals surface area (Å²) in [4.78, 5) is 10.9. The summed E-state index contributed by atoms with van der Waals surface area (Å²) >= 11 is 0. The zero-order chi connectivity index (χ0) is 41.4. The molecule has 2 heterocycles. The molecule has 4 unspecified atom stereocenters. The number of para-hydroxylation sites is 1. The summed E-state index contributed by atoms with van der Waals surface area (Å²) < 4.78 is 6.41. The second-order valence-electron chi connectivity index (χ2n) is 19.2. The van der Waals surface area contributed by atoms with Crippen LogP contribution < -0.4 is 0 Å². The number of hydrogen-bond acceptors (Lipinski definition) is 3. The molecule has 0 amide bonds. The number of rotatable bonds is 3. The lowest BCUT2D eigenvalue weighted by Crippen LogP contribution is -2.33. The fraction of sp³-hybridized carbons (Fsp3) is 0.200. The van der Waals surface area contributed by atoms with E-state index in [9.17, 15) is 0 Å². The van der Waals surface area contributed by atoms with Crippen LogP contribution in [0.2, 0.25) is 0 Å². The van der Waals surface area contributed by atoms with Crippen LogP contribution in [0.5, 0.6) is 0 Å². The van der Waals surface area contributed by atoms with Gasteiger partial charge in [-0.1, -0.05) is 172 Å². The minimum atomic E-state index is -0.309. The van der Waals surface area contributed by atoms with E-state index in [-0.39, 0.29) is 22.8 Å². The molecule has 4 bridgehead atoms. The van der Waals surface area contributed by atoms with E-state index in [0.29, 0.717) is 12.3 Å². The maximum Gasteiger partial charge on any atom is 0.155 e. The molecule has 6 aliphatic rings. The third-order valence-electron chi connectivity index (χ3n) is 16.1. The topological polar surface area (TPSA) is 37.9 Å². The largest absolute Gasteiger partial charge is 0.456 e. The lowest BCUT2D eigenvalue weighted by atomic mass is 9.62. The van der Waals surface area contributed by atoms with Gasteiger partial charge >= 0.3 is 0 Å². The molecule has 1 fully saturated rings. The first-order valence-electron chi connectivity index (χ1n) is 23.1. The Labute approximate surface area is 368 Å².